The number of amides is 2. The van der Waals surface area contributed by atoms with E-state index >= 15 is 0 Å². The lowest BCUT2D eigenvalue weighted by Gasteiger charge is -2.15. The molecule has 6 heteroatoms. The highest BCUT2D eigenvalue weighted by Crippen LogP contribution is 2.10. The number of benzene rings is 1. The third-order valence-corrected chi connectivity index (χ3v) is 2.60. The molecule has 0 spiro atoms. The zero-order chi connectivity index (χ0) is 14.4. The van der Waals surface area contributed by atoms with E-state index in [-0.39, 0.29) is 17.6 Å². The smallest absolute Gasteiger partial charge is 0.289 e. The lowest BCUT2D eigenvalue weighted by Crippen LogP contribution is -2.28. The fourth-order valence-electron chi connectivity index (χ4n) is 1.67. The topological polar surface area (TPSA) is 76.7 Å². The molecule has 1 aliphatic heterocycles. The second kappa shape index (κ2) is 6.60. The molecule has 1 heterocycles. The fraction of sp³-hybridized carbons (Fsp3) is 0.286. The molecule has 0 radical (unpaired) electrons. The van der Waals surface area contributed by atoms with Crippen LogP contribution in [0.5, 0.6) is 0 Å². The lowest BCUT2D eigenvalue weighted by atomic mass is 10.2. The van der Waals surface area contributed by atoms with Crippen LogP contribution in [0.25, 0.3) is 0 Å². The summed E-state index contributed by atoms with van der Waals surface area (Å²) in [5, 5.41) is 5.41. The number of ether oxygens (including phenoxy) is 2. The number of carbonyl (C=O) groups excluding carboxylic acids is 2. The molecular weight excluding hydrogens is 260 g/mol. The molecule has 2 rings (SSSR count). The van der Waals surface area contributed by atoms with Crippen LogP contribution in [-0.2, 0) is 25.6 Å². The summed E-state index contributed by atoms with van der Waals surface area (Å²) in [5.74, 6) is -0.241. The minimum Gasteiger partial charge on any atom is -0.494 e. The highest BCUT2D eigenvalue weighted by molar-refractivity contribution is 5.91. The summed E-state index contributed by atoms with van der Waals surface area (Å²) in [6, 6.07) is 7.22. The van der Waals surface area contributed by atoms with Crippen molar-refractivity contribution < 1.29 is 19.1 Å². The Morgan fingerprint density at radius 2 is 1.95 bits per heavy atom. The molecule has 2 amide bonds. The minimum absolute atomic E-state index is 0.118. The monoisotopic (exact) mass is 276 g/mol. The molecule has 0 bridgehead atoms. The van der Waals surface area contributed by atoms with Crippen LogP contribution in [0, 0.1) is 0 Å². The highest BCUT2D eigenvalue weighted by atomic mass is 16.6. The van der Waals surface area contributed by atoms with Gasteiger partial charge in [0.25, 0.3) is 5.91 Å². The Hall–Kier alpha value is -2.50. The Kier molecular flexibility index (Phi) is 4.60. The maximum absolute atomic E-state index is 11.7. The largest absolute Gasteiger partial charge is 0.494 e. The van der Waals surface area contributed by atoms with Gasteiger partial charge in [-0.1, -0.05) is 12.1 Å². The van der Waals surface area contributed by atoms with Gasteiger partial charge in [-0.2, -0.15) is 0 Å². The molecule has 0 fully saturated rings. The summed E-state index contributed by atoms with van der Waals surface area (Å²) in [7, 11) is 0. The second-order valence-electron chi connectivity index (χ2n) is 4.26. The van der Waals surface area contributed by atoms with Gasteiger partial charge in [0.05, 0.1) is 0 Å². The van der Waals surface area contributed by atoms with E-state index in [0.29, 0.717) is 19.8 Å². The van der Waals surface area contributed by atoms with E-state index in [0.717, 1.165) is 11.3 Å². The molecular formula is C14H16N2O4. The van der Waals surface area contributed by atoms with Crippen molar-refractivity contribution in [1.82, 2.24) is 5.32 Å². The summed E-state index contributed by atoms with van der Waals surface area (Å²) < 4.78 is 10.2. The molecule has 106 valence electrons. The van der Waals surface area contributed by atoms with Crippen LogP contribution < -0.4 is 10.6 Å². The molecule has 0 aliphatic carbocycles. The lowest BCUT2D eigenvalue weighted by molar-refractivity contribution is -0.122. The van der Waals surface area contributed by atoms with Gasteiger partial charge in [0.15, 0.2) is 0 Å². The Morgan fingerprint density at radius 1 is 1.20 bits per heavy atom. The van der Waals surface area contributed by atoms with E-state index in [2.05, 4.69) is 10.6 Å². The van der Waals surface area contributed by atoms with Crippen LogP contribution in [0.2, 0.25) is 0 Å². The molecule has 20 heavy (non-hydrogen) atoms. The third-order valence-electron chi connectivity index (χ3n) is 2.60. The van der Waals surface area contributed by atoms with Gasteiger partial charge in [-0.05, 0) is 17.7 Å². The predicted octanol–water partition coefficient (Wildman–Crippen LogP) is 1.15. The van der Waals surface area contributed by atoms with E-state index in [9.17, 15) is 9.59 Å². The Morgan fingerprint density at radius 3 is 2.55 bits per heavy atom. The van der Waals surface area contributed by atoms with Crippen LogP contribution in [0.4, 0.5) is 5.69 Å². The Labute approximate surface area is 116 Å². The standard InChI is InChI=1S/C14H16N2O4/c1-10(17)16-12-4-2-11(3-5-12)8-15-14(18)13-9-19-6-7-20-13/h2-5,9H,6-8H2,1H3,(H,15,18)(H,16,17). The van der Waals surface area contributed by atoms with Crippen LogP contribution >= 0.6 is 0 Å². The maximum atomic E-state index is 11.7. The number of nitrogens with one attached hydrogen (secondary N) is 2. The zero-order valence-electron chi connectivity index (χ0n) is 11.1. The molecule has 1 aliphatic rings. The van der Waals surface area contributed by atoms with Crippen LogP contribution in [-0.4, -0.2) is 25.0 Å². The molecule has 2 N–H and O–H groups in total. The molecule has 1 aromatic carbocycles. The van der Waals surface area contributed by atoms with Crippen molar-refractivity contribution in [2.75, 3.05) is 18.5 Å². The normalized spacial score (nSPS) is 13.6. The van der Waals surface area contributed by atoms with Gasteiger partial charge in [0, 0.05) is 19.2 Å². The quantitative estimate of drug-likeness (QED) is 0.865. The van der Waals surface area contributed by atoms with Crippen molar-refractivity contribution in [2.45, 2.75) is 13.5 Å². The first kappa shape index (κ1) is 13.9. The number of hydrogen-bond acceptors (Lipinski definition) is 4. The molecule has 0 aromatic heterocycles. The highest BCUT2D eigenvalue weighted by Gasteiger charge is 2.14. The van der Waals surface area contributed by atoms with Crippen molar-refractivity contribution in [3.63, 3.8) is 0 Å². The average molecular weight is 276 g/mol. The Bertz CT molecular complexity index is 522. The first-order chi connectivity index (χ1) is 9.65. The SMILES string of the molecule is CC(=O)Nc1ccc(CNC(=O)C2=COCCO2)cc1. The van der Waals surface area contributed by atoms with E-state index in [1.165, 1.54) is 13.2 Å². The molecule has 0 saturated heterocycles. The van der Waals surface area contributed by atoms with E-state index in [1.54, 1.807) is 12.1 Å². The number of rotatable bonds is 4. The van der Waals surface area contributed by atoms with Gasteiger partial charge in [-0.25, -0.2) is 0 Å². The Balaban J connectivity index is 1.85. The molecule has 0 unspecified atom stereocenters. The fourth-order valence-corrected chi connectivity index (χ4v) is 1.67. The molecule has 1 aromatic rings. The number of anilines is 1. The van der Waals surface area contributed by atoms with Crippen LogP contribution in [0.1, 0.15) is 12.5 Å². The van der Waals surface area contributed by atoms with Gasteiger partial charge in [0.1, 0.15) is 19.5 Å². The van der Waals surface area contributed by atoms with Crippen molar-refractivity contribution in [3.05, 3.63) is 41.9 Å². The first-order valence-electron chi connectivity index (χ1n) is 6.24. The van der Waals surface area contributed by atoms with E-state index in [4.69, 9.17) is 9.47 Å². The van der Waals surface area contributed by atoms with Crippen LogP contribution in [0.3, 0.4) is 0 Å². The van der Waals surface area contributed by atoms with Gasteiger partial charge in [0.2, 0.25) is 11.7 Å². The van der Waals surface area contributed by atoms with Crippen molar-refractivity contribution in [1.29, 1.82) is 0 Å². The number of carbonyl (C=O) groups is 2. The predicted molar refractivity (Wildman–Crippen MR) is 72.6 cm³/mol. The first-order valence-corrected chi connectivity index (χ1v) is 6.24. The number of hydrogen-bond donors (Lipinski definition) is 2. The molecule has 0 atom stereocenters. The summed E-state index contributed by atoms with van der Waals surface area (Å²) in [5.41, 5.74) is 1.64. The van der Waals surface area contributed by atoms with Crippen molar-refractivity contribution in [2.24, 2.45) is 0 Å². The summed E-state index contributed by atoms with van der Waals surface area (Å²) in [6.45, 7) is 2.67. The van der Waals surface area contributed by atoms with Gasteiger partial charge in [-0.3, -0.25) is 9.59 Å². The summed E-state index contributed by atoms with van der Waals surface area (Å²) >= 11 is 0. The van der Waals surface area contributed by atoms with Crippen LogP contribution in [0.15, 0.2) is 36.3 Å². The maximum Gasteiger partial charge on any atom is 0.289 e. The van der Waals surface area contributed by atoms with Crippen molar-refractivity contribution >= 4 is 17.5 Å². The van der Waals surface area contributed by atoms with Gasteiger partial charge < -0.3 is 20.1 Å². The van der Waals surface area contributed by atoms with Crippen molar-refractivity contribution in [3.8, 4) is 0 Å². The minimum atomic E-state index is -0.310. The molecule has 0 saturated carbocycles. The second-order valence-corrected chi connectivity index (χ2v) is 4.26. The van der Waals surface area contributed by atoms with Gasteiger partial charge >= 0.3 is 0 Å². The molecule has 6 nitrogen and oxygen atoms in total. The van der Waals surface area contributed by atoms with Gasteiger partial charge in [-0.15, -0.1) is 0 Å². The summed E-state index contributed by atoms with van der Waals surface area (Å²) in [6.07, 6.45) is 1.32. The van der Waals surface area contributed by atoms with E-state index < -0.39 is 0 Å². The zero-order valence-corrected chi connectivity index (χ0v) is 11.1. The van der Waals surface area contributed by atoms with E-state index in [1.807, 2.05) is 12.1 Å². The third kappa shape index (κ3) is 4.01. The summed E-state index contributed by atoms with van der Waals surface area (Å²) in [4.78, 5) is 22.6. The average Bonchev–Trinajstić information content (AvgIpc) is 2.46.